The lowest BCUT2D eigenvalue weighted by molar-refractivity contribution is -0.139. The van der Waals surface area contributed by atoms with Crippen LogP contribution in [-0.4, -0.2) is 25.5 Å². The fourth-order valence-corrected chi connectivity index (χ4v) is 3.77. The first-order valence-corrected chi connectivity index (χ1v) is 8.42. The predicted molar refractivity (Wildman–Crippen MR) is 80.1 cm³/mol. The number of sulfonamides is 1. The maximum Gasteiger partial charge on any atom is 0.321 e. The number of carboxylic acids is 1. The number of halogens is 1. The summed E-state index contributed by atoms with van der Waals surface area (Å²) in [6, 6.07) is 3.73. The zero-order chi connectivity index (χ0) is 15.5. The summed E-state index contributed by atoms with van der Waals surface area (Å²) in [7, 11) is -3.86. The standard InChI is InChI=1S/C13H18BrNO4S/c1-8(2)6-11(13(16)17)15-20(18,19)12-7-10(14)5-4-9(12)3/h4-5,7-8,11,15H,6H2,1-3H3,(H,16,17)/t11-/m0/s1. The van der Waals surface area contributed by atoms with E-state index in [0.717, 1.165) is 0 Å². The van der Waals surface area contributed by atoms with Gasteiger partial charge in [0.25, 0.3) is 0 Å². The van der Waals surface area contributed by atoms with Gasteiger partial charge in [-0.3, -0.25) is 4.79 Å². The maximum atomic E-state index is 12.3. The van der Waals surface area contributed by atoms with Crippen molar-refractivity contribution in [3.63, 3.8) is 0 Å². The molecule has 0 unspecified atom stereocenters. The van der Waals surface area contributed by atoms with Crippen LogP contribution in [0.5, 0.6) is 0 Å². The Morgan fingerprint density at radius 2 is 2.00 bits per heavy atom. The van der Waals surface area contributed by atoms with Crippen molar-refractivity contribution in [2.45, 2.75) is 38.1 Å². The molecule has 0 amide bonds. The second-order valence-electron chi connectivity index (χ2n) is 5.05. The lowest BCUT2D eigenvalue weighted by Crippen LogP contribution is -2.41. The highest BCUT2D eigenvalue weighted by Gasteiger charge is 2.27. The van der Waals surface area contributed by atoms with E-state index in [1.807, 2.05) is 13.8 Å². The summed E-state index contributed by atoms with van der Waals surface area (Å²) in [6.07, 6.45) is 0.238. The number of carboxylic acid groups (broad SMARTS) is 1. The third kappa shape index (κ3) is 4.57. The van der Waals surface area contributed by atoms with Gasteiger partial charge >= 0.3 is 5.97 Å². The van der Waals surface area contributed by atoms with Crippen molar-refractivity contribution in [2.24, 2.45) is 5.92 Å². The van der Waals surface area contributed by atoms with Crippen LogP contribution in [0.15, 0.2) is 27.6 Å². The molecule has 0 saturated heterocycles. The fraction of sp³-hybridized carbons (Fsp3) is 0.462. The number of hydrogen-bond donors (Lipinski definition) is 2. The first-order valence-electron chi connectivity index (χ1n) is 6.14. The summed E-state index contributed by atoms with van der Waals surface area (Å²) in [5, 5.41) is 9.12. The fourth-order valence-electron chi connectivity index (χ4n) is 1.78. The Kier molecular flexibility index (Phi) is 5.73. The molecule has 1 aromatic rings. The smallest absolute Gasteiger partial charge is 0.321 e. The van der Waals surface area contributed by atoms with Crippen LogP contribution in [-0.2, 0) is 14.8 Å². The molecule has 0 aliphatic rings. The Labute approximate surface area is 127 Å². The minimum atomic E-state index is -3.86. The Morgan fingerprint density at radius 1 is 1.40 bits per heavy atom. The second kappa shape index (κ2) is 6.69. The maximum absolute atomic E-state index is 12.3. The van der Waals surface area contributed by atoms with E-state index in [4.69, 9.17) is 5.11 Å². The van der Waals surface area contributed by atoms with E-state index in [1.54, 1.807) is 19.1 Å². The summed E-state index contributed by atoms with van der Waals surface area (Å²) in [6.45, 7) is 5.35. The number of aryl methyl sites for hydroxylation is 1. The first-order chi connectivity index (χ1) is 9.13. The lowest BCUT2D eigenvalue weighted by Gasteiger charge is -2.17. The Hall–Kier alpha value is -0.920. The van der Waals surface area contributed by atoms with E-state index >= 15 is 0 Å². The minimum Gasteiger partial charge on any atom is -0.480 e. The molecule has 0 aliphatic heterocycles. The van der Waals surface area contributed by atoms with Gasteiger partial charge in [0.15, 0.2) is 0 Å². The van der Waals surface area contributed by atoms with Gasteiger partial charge in [-0.2, -0.15) is 4.72 Å². The van der Waals surface area contributed by atoms with Crippen LogP contribution in [0, 0.1) is 12.8 Å². The van der Waals surface area contributed by atoms with E-state index < -0.39 is 22.0 Å². The monoisotopic (exact) mass is 363 g/mol. The summed E-state index contributed by atoms with van der Waals surface area (Å²) in [5.41, 5.74) is 0.564. The van der Waals surface area contributed by atoms with Crippen LogP contribution in [0.3, 0.4) is 0 Å². The number of benzene rings is 1. The third-order valence-electron chi connectivity index (χ3n) is 2.74. The average molecular weight is 364 g/mol. The van der Waals surface area contributed by atoms with Gasteiger partial charge in [0.05, 0.1) is 4.90 Å². The van der Waals surface area contributed by atoms with E-state index in [0.29, 0.717) is 10.0 Å². The molecule has 0 bridgehead atoms. The topological polar surface area (TPSA) is 83.5 Å². The second-order valence-corrected chi connectivity index (χ2v) is 7.65. The predicted octanol–water partition coefficient (Wildman–Crippen LogP) is 2.54. The molecule has 7 heteroatoms. The molecule has 112 valence electrons. The molecule has 0 spiro atoms. The molecule has 1 rings (SSSR count). The molecule has 0 aliphatic carbocycles. The van der Waals surface area contributed by atoms with Crippen LogP contribution in [0.2, 0.25) is 0 Å². The molecule has 1 aromatic carbocycles. The van der Waals surface area contributed by atoms with Crippen molar-refractivity contribution in [1.82, 2.24) is 4.72 Å². The number of rotatable bonds is 6. The molecule has 0 fully saturated rings. The molecule has 1 atom stereocenters. The van der Waals surface area contributed by atoms with Crippen molar-refractivity contribution < 1.29 is 18.3 Å². The Bertz CT molecular complexity index is 598. The average Bonchev–Trinajstić information content (AvgIpc) is 2.30. The quantitative estimate of drug-likeness (QED) is 0.813. The molecule has 2 N–H and O–H groups in total. The van der Waals surface area contributed by atoms with E-state index in [9.17, 15) is 13.2 Å². The van der Waals surface area contributed by atoms with Gasteiger partial charge in [0, 0.05) is 4.47 Å². The molecule has 5 nitrogen and oxygen atoms in total. The van der Waals surface area contributed by atoms with Crippen molar-refractivity contribution >= 4 is 31.9 Å². The molecule has 0 heterocycles. The van der Waals surface area contributed by atoms with Gasteiger partial charge in [-0.15, -0.1) is 0 Å². The Morgan fingerprint density at radius 3 is 2.50 bits per heavy atom. The third-order valence-corrected chi connectivity index (χ3v) is 4.85. The van der Waals surface area contributed by atoms with Crippen molar-refractivity contribution in [2.75, 3.05) is 0 Å². The van der Waals surface area contributed by atoms with Crippen LogP contribution in [0.4, 0.5) is 0 Å². The van der Waals surface area contributed by atoms with Crippen LogP contribution in [0.1, 0.15) is 25.8 Å². The highest BCUT2D eigenvalue weighted by Crippen LogP contribution is 2.21. The zero-order valence-electron chi connectivity index (χ0n) is 11.6. The largest absolute Gasteiger partial charge is 0.480 e. The number of hydrogen-bond acceptors (Lipinski definition) is 3. The number of aliphatic carboxylic acids is 1. The highest BCUT2D eigenvalue weighted by molar-refractivity contribution is 9.10. The zero-order valence-corrected chi connectivity index (χ0v) is 14.0. The van der Waals surface area contributed by atoms with Crippen LogP contribution < -0.4 is 4.72 Å². The van der Waals surface area contributed by atoms with E-state index in [-0.39, 0.29) is 17.2 Å². The van der Waals surface area contributed by atoms with Gasteiger partial charge < -0.3 is 5.11 Å². The van der Waals surface area contributed by atoms with Gasteiger partial charge in [0.1, 0.15) is 6.04 Å². The van der Waals surface area contributed by atoms with Gasteiger partial charge in [-0.25, -0.2) is 8.42 Å². The van der Waals surface area contributed by atoms with Crippen LogP contribution >= 0.6 is 15.9 Å². The van der Waals surface area contributed by atoms with Gasteiger partial charge in [-0.1, -0.05) is 35.8 Å². The highest BCUT2D eigenvalue weighted by atomic mass is 79.9. The number of nitrogens with one attached hydrogen (secondary N) is 1. The molecule has 0 saturated carbocycles. The molecular formula is C13H18BrNO4S. The normalized spacial score (nSPS) is 13.4. The summed E-state index contributed by atoms with van der Waals surface area (Å²) >= 11 is 3.22. The van der Waals surface area contributed by atoms with Crippen LogP contribution in [0.25, 0.3) is 0 Å². The van der Waals surface area contributed by atoms with E-state index in [1.165, 1.54) is 6.07 Å². The summed E-state index contributed by atoms with van der Waals surface area (Å²) in [5.74, 6) is -1.10. The van der Waals surface area contributed by atoms with Crippen molar-refractivity contribution in [3.05, 3.63) is 28.2 Å². The molecule has 0 radical (unpaired) electrons. The van der Waals surface area contributed by atoms with Gasteiger partial charge in [0.2, 0.25) is 10.0 Å². The molecule has 20 heavy (non-hydrogen) atoms. The summed E-state index contributed by atoms with van der Waals surface area (Å²) < 4.78 is 27.5. The lowest BCUT2D eigenvalue weighted by atomic mass is 10.1. The number of carbonyl (C=O) groups is 1. The SMILES string of the molecule is Cc1ccc(Br)cc1S(=O)(=O)N[C@@H](CC(C)C)C(=O)O. The Balaban J connectivity index is 3.09. The molecule has 0 aromatic heterocycles. The van der Waals surface area contributed by atoms with Crippen molar-refractivity contribution in [3.8, 4) is 0 Å². The van der Waals surface area contributed by atoms with Gasteiger partial charge in [-0.05, 0) is 37.0 Å². The molecular weight excluding hydrogens is 346 g/mol. The van der Waals surface area contributed by atoms with Crippen molar-refractivity contribution in [1.29, 1.82) is 0 Å². The first kappa shape index (κ1) is 17.1. The van der Waals surface area contributed by atoms with E-state index in [2.05, 4.69) is 20.7 Å². The summed E-state index contributed by atoms with van der Waals surface area (Å²) in [4.78, 5) is 11.2. The minimum absolute atomic E-state index is 0.0717.